The first kappa shape index (κ1) is 21.2. The highest BCUT2D eigenvalue weighted by Crippen LogP contribution is 2.18. The molecular weight excluding hydrogens is 386 g/mol. The fourth-order valence-corrected chi connectivity index (χ4v) is 4.06. The molecular formula is C19H24ClN3O3S. The van der Waals surface area contributed by atoms with E-state index in [1.165, 1.54) is 12.1 Å². The Morgan fingerprint density at radius 1 is 1.07 bits per heavy atom. The number of hydrogen-bond acceptors (Lipinski definition) is 4. The lowest BCUT2D eigenvalue weighted by Gasteiger charge is -2.38. The first-order chi connectivity index (χ1) is 12.4. The van der Waals surface area contributed by atoms with Crippen LogP contribution in [0, 0.1) is 0 Å². The van der Waals surface area contributed by atoms with Crippen molar-refractivity contribution in [2.24, 2.45) is 0 Å². The predicted octanol–water partition coefficient (Wildman–Crippen LogP) is 2.73. The number of nitrogens with zero attached hydrogens (tertiary/aromatic N) is 1. The standard InChI is InChI=1S/C19H23N3O3S.ClH/c1-14-15(2)22(13-12-20-14)19(23)16-8-10-18(11-9-16)26(24,25)21-17-6-4-3-5-7-17;/h3-11,14-15,20-21H,12-13H2,1-2H3;1H. The van der Waals surface area contributed by atoms with Crippen LogP contribution in [-0.4, -0.2) is 44.4 Å². The number of benzene rings is 2. The fraction of sp³-hybridized carbons (Fsp3) is 0.316. The van der Waals surface area contributed by atoms with Crippen molar-refractivity contribution in [3.63, 3.8) is 0 Å². The van der Waals surface area contributed by atoms with Gasteiger partial charge in [0.25, 0.3) is 15.9 Å². The maximum Gasteiger partial charge on any atom is 0.261 e. The van der Waals surface area contributed by atoms with Gasteiger partial charge in [0.05, 0.1) is 4.90 Å². The number of piperazine rings is 1. The van der Waals surface area contributed by atoms with Crippen LogP contribution >= 0.6 is 12.4 Å². The van der Waals surface area contributed by atoms with Gasteiger partial charge in [-0.05, 0) is 50.2 Å². The highest BCUT2D eigenvalue weighted by atomic mass is 35.5. The normalized spacial score (nSPS) is 19.9. The zero-order chi connectivity index (χ0) is 18.7. The fourth-order valence-electron chi connectivity index (χ4n) is 3.01. The summed E-state index contributed by atoms with van der Waals surface area (Å²) in [6, 6.07) is 15.1. The zero-order valence-electron chi connectivity index (χ0n) is 15.3. The van der Waals surface area contributed by atoms with Gasteiger partial charge in [-0.1, -0.05) is 18.2 Å². The quantitative estimate of drug-likeness (QED) is 0.813. The van der Waals surface area contributed by atoms with Crippen LogP contribution in [0.25, 0.3) is 0 Å². The Kier molecular flexibility index (Phi) is 6.86. The lowest BCUT2D eigenvalue weighted by molar-refractivity contribution is 0.0603. The van der Waals surface area contributed by atoms with Gasteiger partial charge in [-0.2, -0.15) is 0 Å². The molecule has 0 aliphatic carbocycles. The van der Waals surface area contributed by atoms with Gasteiger partial charge < -0.3 is 10.2 Å². The van der Waals surface area contributed by atoms with Crippen LogP contribution < -0.4 is 10.0 Å². The summed E-state index contributed by atoms with van der Waals surface area (Å²) < 4.78 is 27.5. The SMILES string of the molecule is CC1NCCN(C(=O)c2ccc(S(=O)(=O)Nc3ccccc3)cc2)C1C.Cl. The highest BCUT2D eigenvalue weighted by Gasteiger charge is 2.28. The molecule has 1 fully saturated rings. The maximum atomic E-state index is 12.7. The molecule has 0 bridgehead atoms. The lowest BCUT2D eigenvalue weighted by Crippen LogP contribution is -2.57. The number of para-hydroxylation sites is 1. The molecule has 0 saturated carbocycles. The van der Waals surface area contributed by atoms with Gasteiger partial charge in [0.15, 0.2) is 0 Å². The van der Waals surface area contributed by atoms with E-state index in [1.54, 1.807) is 36.4 Å². The second-order valence-corrected chi connectivity index (χ2v) is 8.16. The number of anilines is 1. The van der Waals surface area contributed by atoms with Crippen molar-refractivity contribution in [2.45, 2.75) is 30.8 Å². The minimum Gasteiger partial charge on any atom is -0.333 e. The predicted molar refractivity (Wildman–Crippen MR) is 109 cm³/mol. The number of nitrogens with one attached hydrogen (secondary N) is 2. The van der Waals surface area contributed by atoms with Gasteiger partial charge in [0.1, 0.15) is 0 Å². The van der Waals surface area contributed by atoms with Crippen LogP contribution in [0.1, 0.15) is 24.2 Å². The largest absolute Gasteiger partial charge is 0.333 e. The Labute approximate surface area is 166 Å². The number of halogens is 1. The third-order valence-corrected chi connectivity index (χ3v) is 6.13. The average molecular weight is 410 g/mol. The van der Waals surface area contributed by atoms with E-state index in [-0.39, 0.29) is 35.3 Å². The van der Waals surface area contributed by atoms with Crippen molar-refractivity contribution in [3.05, 3.63) is 60.2 Å². The highest BCUT2D eigenvalue weighted by molar-refractivity contribution is 7.92. The Balaban J connectivity index is 0.00000261. The van der Waals surface area contributed by atoms with Crippen molar-refractivity contribution < 1.29 is 13.2 Å². The topological polar surface area (TPSA) is 78.5 Å². The molecule has 6 nitrogen and oxygen atoms in total. The summed E-state index contributed by atoms with van der Waals surface area (Å²) in [7, 11) is -3.69. The van der Waals surface area contributed by atoms with Crippen molar-refractivity contribution in [1.82, 2.24) is 10.2 Å². The van der Waals surface area contributed by atoms with E-state index in [0.717, 1.165) is 6.54 Å². The van der Waals surface area contributed by atoms with Gasteiger partial charge in [0.2, 0.25) is 0 Å². The van der Waals surface area contributed by atoms with E-state index in [2.05, 4.69) is 17.0 Å². The monoisotopic (exact) mass is 409 g/mol. The first-order valence-electron chi connectivity index (χ1n) is 8.61. The summed E-state index contributed by atoms with van der Waals surface area (Å²) in [5.74, 6) is -0.0779. The Hall–Kier alpha value is -2.09. The molecule has 3 rings (SSSR count). The number of hydrogen-bond donors (Lipinski definition) is 2. The lowest BCUT2D eigenvalue weighted by atomic mass is 10.1. The van der Waals surface area contributed by atoms with Crippen LogP contribution in [0.2, 0.25) is 0 Å². The van der Waals surface area contributed by atoms with E-state index >= 15 is 0 Å². The molecule has 2 N–H and O–H groups in total. The second kappa shape index (κ2) is 8.73. The number of rotatable bonds is 4. The van der Waals surface area contributed by atoms with E-state index in [0.29, 0.717) is 17.8 Å². The molecule has 0 spiro atoms. The summed E-state index contributed by atoms with van der Waals surface area (Å²) in [5, 5.41) is 3.34. The van der Waals surface area contributed by atoms with Crippen LogP contribution in [-0.2, 0) is 10.0 Å². The first-order valence-corrected chi connectivity index (χ1v) is 10.1. The number of carbonyl (C=O) groups is 1. The Morgan fingerprint density at radius 3 is 2.33 bits per heavy atom. The molecule has 1 aliphatic rings. The van der Waals surface area contributed by atoms with E-state index in [4.69, 9.17) is 0 Å². The molecule has 1 amide bonds. The van der Waals surface area contributed by atoms with Crippen molar-refractivity contribution in [3.8, 4) is 0 Å². The van der Waals surface area contributed by atoms with Gasteiger partial charge in [-0.25, -0.2) is 8.42 Å². The van der Waals surface area contributed by atoms with Gasteiger partial charge in [-0.15, -0.1) is 12.4 Å². The molecule has 0 radical (unpaired) electrons. The van der Waals surface area contributed by atoms with Crippen LogP contribution in [0.5, 0.6) is 0 Å². The van der Waals surface area contributed by atoms with Crippen LogP contribution in [0.4, 0.5) is 5.69 Å². The number of sulfonamides is 1. The maximum absolute atomic E-state index is 12.7. The van der Waals surface area contributed by atoms with E-state index < -0.39 is 10.0 Å². The average Bonchev–Trinajstić information content (AvgIpc) is 2.64. The molecule has 1 aliphatic heterocycles. The summed E-state index contributed by atoms with van der Waals surface area (Å²) in [6.45, 7) is 5.46. The van der Waals surface area contributed by atoms with Gasteiger partial charge >= 0.3 is 0 Å². The summed E-state index contributed by atoms with van der Waals surface area (Å²) >= 11 is 0. The molecule has 146 valence electrons. The number of amides is 1. The smallest absolute Gasteiger partial charge is 0.261 e. The van der Waals surface area contributed by atoms with E-state index in [9.17, 15) is 13.2 Å². The summed E-state index contributed by atoms with van der Waals surface area (Å²) in [4.78, 5) is 14.7. The minimum absolute atomic E-state index is 0. The zero-order valence-corrected chi connectivity index (χ0v) is 16.9. The molecule has 8 heteroatoms. The van der Waals surface area contributed by atoms with Gasteiger partial charge in [-0.3, -0.25) is 9.52 Å². The van der Waals surface area contributed by atoms with Crippen LogP contribution in [0.3, 0.4) is 0 Å². The Bertz CT molecular complexity index is 873. The third-order valence-electron chi connectivity index (χ3n) is 4.73. The molecule has 2 unspecified atom stereocenters. The third kappa shape index (κ3) is 4.80. The minimum atomic E-state index is -3.69. The van der Waals surface area contributed by atoms with Crippen molar-refractivity contribution in [2.75, 3.05) is 17.8 Å². The number of carbonyl (C=O) groups excluding carboxylic acids is 1. The molecule has 27 heavy (non-hydrogen) atoms. The summed E-state index contributed by atoms with van der Waals surface area (Å²) in [6.07, 6.45) is 0. The van der Waals surface area contributed by atoms with Gasteiger partial charge in [0, 0.05) is 36.4 Å². The molecule has 1 heterocycles. The molecule has 2 aromatic rings. The van der Waals surface area contributed by atoms with Crippen molar-refractivity contribution in [1.29, 1.82) is 0 Å². The molecule has 2 aromatic carbocycles. The molecule has 0 aromatic heterocycles. The van der Waals surface area contributed by atoms with E-state index in [1.807, 2.05) is 17.9 Å². The molecule has 1 saturated heterocycles. The van der Waals surface area contributed by atoms with Crippen molar-refractivity contribution >= 4 is 34.0 Å². The Morgan fingerprint density at radius 2 is 1.70 bits per heavy atom. The molecule has 2 atom stereocenters. The second-order valence-electron chi connectivity index (χ2n) is 6.48. The summed E-state index contributed by atoms with van der Waals surface area (Å²) in [5.41, 5.74) is 0.987. The van der Waals surface area contributed by atoms with Crippen LogP contribution in [0.15, 0.2) is 59.5 Å².